The lowest BCUT2D eigenvalue weighted by molar-refractivity contribution is 0.624. The van der Waals surface area contributed by atoms with Crippen LogP contribution in [0.3, 0.4) is 0 Å². The molecule has 2 heteroatoms. The van der Waals surface area contributed by atoms with Crippen LogP contribution in [0.5, 0.6) is 0 Å². The van der Waals surface area contributed by atoms with E-state index in [0.29, 0.717) is 11.4 Å². The van der Waals surface area contributed by atoms with Gasteiger partial charge in [0.15, 0.2) is 0 Å². The van der Waals surface area contributed by atoms with E-state index >= 15 is 0 Å². The summed E-state index contributed by atoms with van der Waals surface area (Å²) in [6.45, 7) is 1.50. The summed E-state index contributed by atoms with van der Waals surface area (Å²) in [6.07, 6.45) is 0. The second-order valence-corrected chi connectivity index (χ2v) is 4.78. The zero-order valence-corrected chi connectivity index (χ0v) is 11.0. The predicted octanol–water partition coefficient (Wildman–Crippen LogP) is 4.59. The first-order valence-corrected chi connectivity index (χ1v) is 6.27. The minimum absolute atomic E-state index is 0.300. The summed E-state index contributed by atoms with van der Waals surface area (Å²) in [7, 11) is 0. The quantitative estimate of drug-likeness (QED) is 0.654. The van der Waals surface area contributed by atoms with Crippen molar-refractivity contribution in [3.63, 3.8) is 0 Å². The number of fused-ring (bicyclic) bond motifs is 1. The van der Waals surface area contributed by atoms with Gasteiger partial charge in [-0.3, -0.25) is 0 Å². The van der Waals surface area contributed by atoms with E-state index in [-0.39, 0.29) is 0 Å². The van der Waals surface area contributed by atoms with Crippen LogP contribution in [0.4, 0.5) is 0 Å². The van der Waals surface area contributed by atoms with Gasteiger partial charge in [0, 0.05) is 15.7 Å². The van der Waals surface area contributed by atoms with Gasteiger partial charge >= 0.3 is 0 Å². The largest absolute Gasteiger partial charge is 0.321 e. The smallest absolute Gasteiger partial charge is 0.141 e. The number of rotatable bonds is 2. The van der Waals surface area contributed by atoms with E-state index in [1.807, 2.05) is 28.8 Å². The molecule has 0 atom stereocenters. The molecular weight excluding hydrogens is 232 g/mol. The molecule has 0 aliphatic carbocycles. The molecule has 96 valence electrons. The fourth-order valence-corrected chi connectivity index (χ4v) is 2.29. The topological polar surface area (TPSA) is 17.8 Å². The highest BCUT2D eigenvalue weighted by molar-refractivity contribution is 5.80. The Morgan fingerprint density at radius 2 is 1.84 bits per heavy atom. The second-order valence-electron chi connectivity index (χ2n) is 4.78. The lowest BCUT2D eigenvalue weighted by Gasteiger charge is -2.13. The number of benzene rings is 2. The van der Waals surface area contributed by atoms with E-state index < -0.39 is 12.9 Å². The minimum Gasteiger partial charge on any atom is -0.321 e. The van der Waals surface area contributed by atoms with Crippen LogP contribution < -0.4 is 0 Å². The zero-order valence-electron chi connectivity index (χ0n) is 15.0. The van der Waals surface area contributed by atoms with Crippen molar-refractivity contribution in [2.45, 2.75) is 26.7 Å². The van der Waals surface area contributed by atoms with Crippen molar-refractivity contribution in [2.24, 2.45) is 0 Å². The number of nitrogens with zero attached hydrogens (tertiary/aromatic N) is 2. The van der Waals surface area contributed by atoms with Crippen LogP contribution in [0.1, 0.15) is 30.9 Å². The monoisotopic (exact) mass is 254 g/mol. The van der Waals surface area contributed by atoms with Crippen molar-refractivity contribution >= 4 is 11.0 Å². The van der Waals surface area contributed by atoms with Gasteiger partial charge in [0.05, 0.1) is 12.4 Å². The van der Waals surface area contributed by atoms with Gasteiger partial charge in [-0.2, -0.15) is 0 Å². The number of aryl methyl sites for hydroxylation is 1. The van der Waals surface area contributed by atoms with E-state index in [1.165, 1.54) is 0 Å². The molecule has 2 aromatic carbocycles. The highest BCUT2D eigenvalue weighted by Crippen LogP contribution is 2.28. The van der Waals surface area contributed by atoms with Gasteiger partial charge in [-0.25, -0.2) is 4.98 Å². The molecule has 0 aliphatic rings. The third-order valence-electron chi connectivity index (χ3n) is 3.15. The summed E-state index contributed by atoms with van der Waals surface area (Å²) in [5.41, 5.74) is 2.81. The Bertz CT molecular complexity index is 840. The van der Waals surface area contributed by atoms with Gasteiger partial charge in [0.1, 0.15) is 5.82 Å². The summed E-state index contributed by atoms with van der Waals surface area (Å²) >= 11 is 0. The van der Waals surface area contributed by atoms with E-state index in [0.717, 1.165) is 16.6 Å². The molecule has 0 saturated heterocycles. The summed E-state index contributed by atoms with van der Waals surface area (Å²) in [5, 5.41) is 0. The van der Waals surface area contributed by atoms with Crippen LogP contribution in [-0.4, -0.2) is 9.55 Å². The number of aromatic nitrogens is 2. The highest BCUT2D eigenvalue weighted by Gasteiger charge is 2.14. The maximum atomic E-state index is 8.44. The third kappa shape index (κ3) is 2.03. The van der Waals surface area contributed by atoms with Crippen LogP contribution in [-0.2, 0) is 0 Å². The molecule has 0 aliphatic heterocycles. The normalized spacial score (nSPS) is 15.7. The molecule has 0 N–H and O–H groups in total. The maximum absolute atomic E-state index is 8.44. The van der Waals surface area contributed by atoms with Crippen LogP contribution in [0, 0.1) is 6.85 Å². The second kappa shape index (κ2) is 4.54. The van der Waals surface area contributed by atoms with Gasteiger partial charge in [-0.05, 0) is 32.8 Å². The SMILES string of the molecule is [2H]C([2H])([2H])c1ccc(-c2nc3ccccc3n2C([2H])(C)C)cc1. The lowest BCUT2D eigenvalue weighted by Crippen LogP contribution is -2.02. The molecule has 0 spiro atoms. The number of hydrogen-bond donors (Lipinski definition) is 0. The van der Waals surface area contributed by atoms with Gasteiger partial charge < -0.3 is 4.57 Å². The first-order chi connectivity index (χ1) is 10.7. The summed E-state index contributed by atoms with van der Waals surface area (Å²) in [5.74, 6) is 0.670. The van der Waals surface area contributed by atoms with E-state index in [9.17, 15) is 0 Å². The fraction of sp³-hybridized carbons (Fsp3) is 0.235. The molecule has 0 saturated carbocycles. The van der Waals surface area contributed by atoms with E-state index in [1.54, 1.807) is 38.1 Å². The Balaban J connectivity index is 2.20. The molecule has 3 rings (SSSR count). The highest BCUT2D eigenvalue weighted by atomic mass is 15.1. The Morgan fingerprint density at radius 3 is 2.53 bits per heavy atom. The van der Waals surface area contributed by atoms with Gasteiger partial charge in [0.25, 0.3) is 0 Å². The van der Waals surface area contributed by atoms with Crippen molar-refractivity contribution in [1.82, 2.24) is 9.55 Å². The molecule has 1 aromatic heterocycles. The number of para-hydroxylation sites is 2. The van der Waals surface area contributed by atoms with Gasteiger partial charge in [-0.1, -0.05) is 42.0 Å². The zero-order chi connectivity index (χ0) is 16.8. The minimum atomic E-state index is -2.12. The third-order valence-corrected chi connectivity index (χ3v) is 3.15. The fourth-order valence-electron chi connectivity index (χ4n) is 2.29. The van der Waals surface area contributed by atoms with Gasteiger partial charge in [-0.15, -0.1) is 0 Å². The molecule has 3 aromatic rings. The molecule has 19 heavy (non-hydrogen) atoms. The molecular formula is C17H18N2. The number of imidazole rings is 1. The van der Waals surface area contributed by atoms with E-state index in [4.69, 9.17) is 5.48 Å². The Morgan fingerprint density at radius 1 is 1.11 bits per heavy atom. The van der Waals surface area contributed by atoms with Crippen molar-refractivity contribution in [2.75, 3.05) is 0 Å². The standard InChI is InChI=1S/C17H18N2/c1-12(2)19-16-7-5-4-6-15(16)18-17(19)14-10-8-13(3)9-11-14/h4-12H,1-3H3/i3D3,12D. The van der Waals surface area contributed by atoms with Crippen LogP contribution in [0.15, 0.2) is 48.5 Å². The molecule has 1 heterocycles. The summed E-state index contributed by atoms with van der Waals surface area (Å²) in [6, 6.07) is 13.5. The van der Waals surface area contributed by atoms with Crippen molar-refractivity contribution in [3.8, 4) is 11.4 Å². The van der Waals surface area contributed by atoms with Crippen molar-refractivity contribution < 1.29 is 5.48 Å². The number of hydrogen-bond acceptors (Lipinski definition) is 1. The first-order valence-electron chi connectivity index (χ1n) is 8.27. The van der Waals surface area contributed by atoms with E-state index in [2.05, 4.69) is 4.98 Å². The van der Waals surface area contributed by atoms with Crippen LogP contribution >= 0.6 is 0 Å². The van der Waals surface area contributed by atoms with Crippen molar-refractivity contribution in [3.05, 3.63) is 54.1 Å². The Kier molecular flexibility index (Phi) is 1.95. The summed E-state index contributed by atoms with van der Waals surface area (Å²) < 4.78 is 32.7. The van der Waals surface area contributed by atoms with Crippen LogP contribution in [0.25, 0.3) is 22.4 Å². The first kappa shape index (κ1) is 8.16. The molecule has 0 amide bonds. The predicted molar refractivity (Wildman–Crippen MR) is 80.3 cm³/mol. The lowest BCUT2D eigenvalue weighted by atomic mass is 10.1. The Hall–Kier alpha value is -2.09. The average Bonchev–Trinajstić information content (AvgIpc) is 2.86. The molecule has 2 nitrogen and oxygen atoms in total. The molecule has 0 fully saturated rings. The van der Waals surface area contributed by atoms with Crippen molar-refractivity contribution in [1.29, 1.82) is 0 Å². The molecule has 0 bridgehead atoms. The molecule has 0 radical (unpaired) electrons. The van der Waals surface area contributed by atoms with Gasteiger partial charge in [0.2, 0.25) is 0 Å². The maximum Gasteiger partial charge on any atom is 0.141 e. The van der Waals surface area contributed by atoms with Crippen LogP contribution in [0.2, 0.25) is 0 Å². The summed E-state index contributed by atoms with van der Waals surface area (Å²) in [4.78, 5) is 4.64. The average molecular weight is 254 g/mol. The Labute approximate surface area is 119 Å². The molecule has 0 unspecified atom stereocenters.